The zero-order valence-corrected chi connectivity index (χ0v) is 12.6. The first-order chi connectivity index (χ1) is 9.82. The van der Waals surface area contributed by atoms with Gasteiger partial charge in [0.15, 0.2) is 5.43 Å². The predicted octanol–water partition coefficient (Wildman–Crippen LogP) is 3.07. The molecule has 0 spiro atoms. The molecule has 5 nitrogen and oxygen atoms in total. The molecule has 1 heterocycles. The SMILES string of the molecule is CC(C)Oc1cccc2c(=O)cc(C(=O)O)n(C(C)C)c12. The van der Waals surface area contributed by atoms with Crippen LogP contribution in [0, 0.1) is 0 Å². The summed E-state index contributed by atoms with van der Waals surface area (Å²) in [4.78, 5) is 23.6. The van der Waals surface area contributed by atoms with E-state index in [2.05, 4.69) is 0 Å². The van der Waals surface area contributed by atoms with Crippen molar-refractivity contribution in [2.45, 2.75) is 39.8 Å². The van der Waals surface area contributed by atoms with Crippen molar-refractivity contribution in [3.8, 4) is 5.75 Å². The van der Waals surface area contributed by atoms with E-state index >= 15 is 0 Å². The van der Waals surface area contributed by atoms with Gasteiger partial charge >= 0.3 is 5.97 Å². The van der Waals surface area contributed by atoms with Gasteiger partial charge in [0.2, 0.25) is 0 Å². The number of nitrogens with zero attached hydrogens (tertiary/aromatic N) is 1. The molecular formula is C16H19NO4. The number of fused-ring (bicyclic) bond motifs is 1. The minimum absolute atomic E-state index is 0.0256. The number of carboxylic acids is 1. The number of aromatic carboxylic acids is 1. The van der Waals surface area contributed by atoms with Gasteiger partial charge in [-0.1, -0.05) is 6.07 Å². The second-order valence-electron chi connectivity index (χ2n) is 5.48. The van der Waals surface area contributed by atoms with E-state index in [4.69, 9.17) is 4.74 Å². The maximum atomic E-state index is 12.2. The van der Waals surface area contributed by atoms with Gasteiger partial charge in [-0.3, -0.25) is 4.79 Å². The highest BCUT2D eigenvalue weighted by Crippen LogP contribution is 2.28. The lowest BCUT2D eigenvalue weighted by molar-refractivity contribution is 0.0683. The van der Waals surface area contributed by atoms with Gasteiger partial charge in [-0.05, 0) is 39.8 Å². The molecule has 112 valence electrons. The largest absolute Gasteiger partial charge is 0.489 e. The molecule has 21 heavy (non-hydrogen) atoms. The Kier molecular flexibility index (Phi) is 4.02. The maximum Gasteiger partial charge on any atom is 0.352 e. The molecule has 0 radical (unpaired) electrons. The van der Waals surface area contributed by atoms with Gasteiger partial charge < -0.3 is 14.4 Å². The van der Waals surface area contributed by atoms with Crippen LogP contribution in [0.5, 0.6) is 5.75 Å². The molecule has 0 bridgehead atoms. The Labute approximate surface area is 122 Å². The van der Waals surface area contributed by atoms with Gasteiger partial charge in [0, 0.05) is 17.5 Å². The Bertz CT molecular complexity index is 744. The van der Waals surface area contributed by atoms with Gasteiger partial charge in [0.1, 0.15) is 11.4 Å². The molecule has 0 aliphatic heterocycles. The lowest BCUT2D eigenvalue weighted by Gasteiger charge is -2.21. The molecule has 1 aromatic heterocycles. The first-order valence-corrected chi connectivity index (χ1v) is 6.91. The van der Waals surface area contributed by atoms with E-state index in [-0.39, 0.29) is 23.3 Å². The number of para-hydroxylation sites is 1. The Morgan fingerprint density at radius 2 is 1.90 bits per heavy atom. The van der Waals surface area contributed by atoms with Crippen LogP contribution in [-0.2, 0) is 0 Å². The van der Waals surface area contributed by atoms with E-state index in [0.29, 0.717) is 16.7 Å². The molecule has 0 aliphatic carbocycles. The minimum Gasteiger partial charge on any atom is -0.489 e. The summed E-state index contributed by atoms with van der Waals surface area (Å²) in [7, 11) is 0. The van der Waals surface area contributed by atoms with Crippen LogP contribution < -0.4 is 10.2 Å². The van der Waals surface area contributed by atoms with E-state index in [1.165, 1.54) is 6.07 Å². The molecule has 0 aliphatic rings. The van der Waals surface area contributed by atoms with Crippen LogP contribution in [0.2, 0.25) is 0 Å². The van der Waals surface area contributed by atoms with Crippen LogP contribution in [0.3, 0.4) is 0 Å². The van der Waals surface area contributed by atoms with Crippen molar-refractivity contribution in [3.63, 3.8) is 0 Å². The van der Waals surface area contributed by atoms with Crippen LogP contribution in [-0.4, -0.2) is 21.7 Å². The van der Waals surface area contributed by atoms with Gasteiger partial charge in [-0.2, -0.15) is 0 Å². The minimum atomic E-state index is -1.12. The molecule has 0 unspecified atom stereocenters. The van der Waals surface area contributed by atoms with Gasteiger partial charge in [0.05, 0.1) is 11.6 Å². The average molecular weight is 289 g/mol. The highest BCUT2D eigenvalue weighted by molar-refractivity contribution is 5.92. The number of carboxylic acid groups (broad SMARTS) is 1. The van der Waals surface area contributed by atoms with Crippen molar-refractivity contribution < 1.29 is 14.6 Å². The van der Waals surface area contributed by atoms with Crippen molar-refractivity contribution >= 4 is 16.9 Å². The summed E-state index contributed by atoms with van der Waals surface area (Å²) in [5.74, 6) is -0.599. The fourth-order valence-corrected chi connectivity index (χ4v) is 2.41. The van der Waals surface area contributed by atoms with Crippen LogP contribution in [0.25, 0.3) is 10.9 Å². The van der Waals surface area contributed by atoms with Gasteiger partial charge in [-0.15, -0.1) is 0 Å². The molecule has 2 aromatic rings. The molecule has 0 fully saturated rings. The number of aromatic nitrogens is 1. The van der Waals surface area contributed by atoms with E-state index in [1.807, 2.05) is 27.7 Å². The van der Waals surface area contributed by atoms with E-state index in [1.54, 1.807) is 22.8 Å². The first kappa shape index (κ1) is 15.1. The second kappa shape index (κ2) is 5.60. The zero-order chi connectivity index (χ0) is 15.7. The summed E-state index contributed by atoms with van der Waals surface area (Å²) in [5.41, 5.74) is 0.196. The lowest BCUT2D eigenvalue weighted by atomic mass is 10.1. The van der Waals surface area contributed by atoms with E-state index < -0.39 is 5.97 Å². The summed E-state index contributed by atoms with van der Waals surface area (Å²) in [6.07, 6.45) is -0.0696. The topological polar surface area (TPSA) is 68.5 Å². The van der Waals surface area contributed by atoms with Crippen molar-refractivity contribution in [2.75, 3.05) is 0 Å². The summed E-state index contributed by atoms with van der Waals surface area (Å²) < 4.78 is 7.39. The third-order valence-corrected chi connectivity index (χ3v) is 3.13. The molecular weight excluding hydrogens is 270 g/mol. The summed E-state index contributed by atoms with van der Waals surface area (Å²) >= 11 is 0. The average Bonchev–Trinajstić information content (AvgIpc) is 2.38. The number of rotatable bonds is 4. The number of pyridine rings is 1. The van der Waals surface area contributed by atoms with Crippen LogP contribution in [0.15, 0.2) is 29.1 Å². The molecule has 1 N–H and O–H groups in total. The highest BCUT2D eigenvalue weighted by atomic mass is 16.5. The molecule has 2 rings (SSSR count). The van der Waals surface area contributed by atoms with Crippen LogP contribution in [0.1, 0.15) is 44.2 Å². The third kappa shape index (κ3) is 2.77. The Balaban J connectivity index is 2.95. The van der Waals surface area contributed by atoms with Crippen LogP contribution in [0.4, 0.5) is 0 Å². The predicted molar refractivity (Wildman–Crippen MR) is 81.3 cm³/mol. The summed E-state index contributed by atoms with van der Waals surface area (Å²) in [6.45, 7) is 7.53. The lowest BCUT2D eigenvalue weighted by Crippen LogP contribution is -2.20. The van der Waals surface area contributed by atoms with E-state index in [9.17, 15) is 14.7 Å². The van der Waals surface area contributed by atoms with Crippen molar-refractivity contribution in [1.82, 2.24) is 4.57 Å². The zero-order valence-electron chi connectivity index (χ0n) is 12.6. The number of carbonyl (C=O) groups is 1. The normalized spacial score (nSPS) is 11.3. The number of hydrogen-bond acceptors (Lipinski definition) is 3. The monoisotopic (exact) mass is 289 g/mol. The highest BCUT2D eigenvalue weighted by Gasteiger charge is 2.19. The molecule has 0 atom stereocenters. The second-order valence-corrected chi connectivity index (χ2v) is 5.48. The molecule has 1 aromatic carbocycles. The smallest absolute Gasteiger partial charge is 0.352 e. The van der Waals surface area contributed by atoms with Crippen molar-refractivity contribution in [2.24, 2.45) is 0 Å². The fraction of sp³-hybridized carbons (Fsp3) is 0.375. The van der Waals surface area contributed by atoms with E-state index in [0.717, 1.165) is 0 Å². The number of hydrogen-bond donors (Lipinski definition) is 1. The first-order valence-electron chi connectivity index (χ1n) is 6.91. The quantitative estimate of drug-likeness (QED) is 0.939. The molecule has 0 amide bonds. The fourth-order valence-electron chi connectivity index (χ4n) is 2.41. The summed E-state index contributed by atoms with van der Waals surface area (Å²) in [6, 6.07) is 6.24. The Hall–Kier alpha value is -2.30. The number of ether oxygens (including phenoxy) is 1. The Morgan fingerprint density at radius 1 is 1.24 bits per heavy atom. The third-order valence-electron chi connectivity index (χ3n) is 3.13. The maximum absolute atomic E-state index is 12.2. The van der Waals surface area contributed by atoms with Gasteiger partial charge in [0.25, 0.3) is 0 Å². The van der Waals surface area contributed by atoms with Crippen molar-refractivity contribution in [3.05, 3.63) is 40.2 Å². The van der Waals surface area contributed by atoms with Crippen LogP contribution >= 0.6 is 0 Å². The molecule has 0 saturated heterocycles. The summed E-state index contributed by atoms with van der Waals surface area (Å²) in [5, 5.41) is 9.84. The number of benzene rings is 1. The van der Waals surface area contributed by atoms with Gasteiger partial charge in [-0.25, -0.2) is 4.79 Å². The molecule has 5 heteroatoms. The Morgan fingerprint density at radius 3 is 2.43 bits per heavy atom. The molecule has 0 saturated carbocycles. The van der Waals surface area contributed by atoms with Crippen molar-refractivity contribution in [1.29, 1.82) is 0 Å². The standard InChI is InChI=1S/C16H19NO4/c1-9(2)17-12(16(19)20)8-13(18)11-6-5-7-14(15(11)17)21-10(3)4/h5-10H,1-4H3,(H,19,20).